The van der Waals surface area contributed by atoms with E-state index < -0.39 is 6.04 Å². The summed E-state index contributed by atoms with van der Waals surface area (Å²) in [6.07, 6.45) is 0. The first-order valence-corrected chi connectivity index (χ1v) is 5.62. The molecule has 0 aromatic heterocycles. The Morgan fingerprint density at radius 3 is 2.65 bits per heavy atom. The molecule has 5 heteroatoms. The van der Waals surface area contributed by atoms with Gasteiger partial charge in [-0.05, 0) is 31.5 Å². The number of carbonyl (C=O) groups excluding carboxylic acids is 1. The zero-order chi connectivity index (χ0) is 13.0. The first kappa shape index (κ1) is 13.9. The van der Waals surface area contributed by atoms with Gasteiger partial charge in [0.2, 0.25) is 0 Å². The smallest absolute Gasteiger partial charge is 0.322 e. The van der Waals surface area contributed by atoms with E-state index in [1.165, 1.54) is 19.2 Å². The second kappa shape index (κ2) is 5.98. The van der Waals surface area contributed by atoms with Gasteiger partial charge >= 0.3 is 5.97 Å². The van der Waals surface area contributed by atoms with Crippen molar-refractivity contribution in [3.63, 3.8) is 0 Å². The minimum Gasteiger partial charge on any atom is -0.468 e. The van der Waals surface area contributed by atoms with Gasteiger partial charge in [-0.15, -0.1) is 0 Å². The number of hydrogen-bond acceptors (Lipinski definition) is 3. The predicted molar refractivity (Wildman–Crippen MR) is 64.4 cm³/mol. The van der Waals surface area contributed by atoms with E-state index in [0.29, 0.717) is 5.02 Å². The van der Waals surface area contributed by atoms with Crippen molar-refractivity contribution >= 4 is 17.6 Å². The quantitative estimate of drug-likeness (QED) is 0.845. The molecule has 1 rings (SSSR count). The first-order valence-electron chi connectivity index (χ1n) is 5.24. The first-order chi connectivity index (χ1) is 7.95. The van der Waals surface area contributed by atoms with E-state index in [9.17, 15) is 9.18 Å². The molecule has 3 nitrogen and oxygen atoms in total. The normalized spacial score (nSPS) is 14.2. The van der Waals surface area contributed by atoms with Crippen LogP contribution in [-0.2, 0) is 9.53 Å². The van der Waals surface area contributed by atoms with Crippen LogP contribution in [-0.4, -0.2) is 19.1 Å². The highest BCUT2D eigenvalue weighted by atomic mass is 35.5. The maximum atomic E-state index is 12.9. The minimum absolute atomic E-state index is 0.169. The Kier molecular flexibility index (Phi) is 4.90. The third kappa shape index (κ3) is 3.68. The molecule has 0 aliphatic rings. The maximum Gasteiger partial charge on any atom is 0.322 e. The molecule has 0 aliphatic carbocycles. The highest BCUT2D eigenvalue weighted by molar-refractivity contribution is 6.31. The fourth-order valence-electron chi connectivity index (χ4n) is 1.56. The fraction of sp³-hybridized carbons (Fsp3) is 0.417. The van der Waals surface area contributed by atoms with Crippen molar-refractivity contribution < 1.29 is 13.9 Å². The molecule has 94 valence electrons. The molecule has 0 heterocycles. The van der Waals surface area contributed by atoms with E-state index in [2.05, 4.69) is 10.1 Å². The number of methoxy groups -OCH3 is 1. The number of ether oxygens (including phenoxy) is 1. The van der Waals surface area contributed by atoms with Gasteiger partial charge in [0.25, 0.3) is 0 Å². The molecular weight excluding hydrogens is 245 g/mol. The van der Waals surface area contributed by atoms with Crippen molar-refractivity contribution in [3.8, 4) is 0 Å². The Bertz CT molecular complexity index is 411. The summed E-state index contributed by atoms with van der Waals surface area (Å²) in [7, 11) is 1.33. The average molecular weight is 260 g/mol. The molecule has 0 fully saturated rings. The third-order valence-electron chi connectivity index (χ3n) is 2.48. The Morgan fingerprint density at radius 2 is 2.12 bits per heavy atom. The highest BCUT2D eigenvalue weighted by Crippen LogP contribution is 2.23. The molecule has 1 aromatic carbocycles. The summed E-state index contributed by atoms with van der Waals surface area (Å²) in [5.41, 5.74) is 0.740. The van der Waals surface area contributed by atoms with Crippen molar-refractivity contribution in [3.05, 3.63) is 34.6 Å². The lowest BCUT2D eigenvalue weighted by atomic mass is 10.1. The number of halogens is 2. The summed E-state index contributed by atoms with van der Waals surface area (Å²) in [6.45, 7) is 3.54. The van der Waals surface area contributed by atoms with Crippen LogP contribution < -0.4 is 5.32 Å². The Morgan fingerprint density at radius 1 is 1.47 bits per heavy atom. The SMILES string of the molecule is COC(=O)C(C)NC(C)c1ccc(F)cc1Cl. The summed E-state index contributed by atoms with van der Waals surface area (Å²) in [4.78, 5) is 11.2. The van der Waals surface area contributed by atoms with Crippen LogP contribution in [0.5, 0.6) is 0 Å². The molecule has 2 atom stereocenters. The molecule has 0 bridgehead atoms. The van der Waals surface area contributed by atoms with Crippen molar-refractivity contribution in [2.75, 3.05) is 7.11 Å². The van der Waals surface area contributed by atoms with Crippen LogP contribution in [0.4, 0.5) is 4.39 Å². The molecule has 0 aliphatic heterocycles. The molecule has 0 saturated heterocycles. The van der Waals surface area contributed by atoms with E-state index in [0.717, 1.165) is 5.56 Å². The fourth-order valence-corrected chi connectivity index (χ4v) is 1.89. The summed E-state index contributed by atoms with van der Waals surface area (Å²) >= 11 is 5.93. The maximum absolute atomic E-state index is 12.9. The van der Waals surface area contributed by atoms with Gasteiger partial charge in [0.15, 0.2) is 0 Å². The second-order valence-electron chi connectivity index (χ2n) is 3.80. The lowest BCUT2D eigenvalue weighted by Gasteiger charge is -2.19. The lowest BCUT2D eigenvalue weighted by Crippen LogP contribution is -2.36. The topological polar surface area (TPSA) is 38.3 Å². The zero-order valence-corrected chi connectivity index (χ0v) is 10.7. The molecule has 1 aromatic rings. The molecule has 2 unspecified atom stereocenters. The Balaban J connectivity index is 2.76. The number of rotatable bonds is 4. The number of carbonyl (C=O) groups is 1. The van der Waals surface area contributed by atoms with Crippen LogP contribution in [0.25, 0.3) is 0 Å². The number of esters is 1. The van der Waals surface area contributed by atoms with Gasteiger partial charge in [-0.2, -0.15) is 0 Å². The predicted octanol–water partition coefficient (Wildman–Crippen LogP) is 2.69. The molecular formula is C12H15ClFNO2. The second-order valence-corrected chi connectivity index (χ2v) is 4.21. The standard InChI is InChI=1S/C12H15ClFNO2/c1-7(15-8(2)12(16)17-3)10-5-4-9(14)6-11(10)13/h4-8,15H,1-3H3. The molecule has 1 N–H and O–H groups in total. The largest absolute Gasteiger partial charge is 0.468 e. The van der Waals surface area contributed by atoms with Crippen LogP contribution in [0.15, 0.2) is 18.2 Å². The van der Waals surface area contributed by atoms with E-state index >= 15 is 0 Å². The Hall–Kier alpha value is -1.13. The van der Waals surface area contributed by atoms with E-state index in [4.69, 9.17) is 11.6 Å². The van der Waals surface area contributed by atoms with E-state index in [1.54, 1.807) is 13.0 Å². The van der Waals surface area contributed by atoms with Crippen molar-refractivity contribution in [1.82, 2.24) is 5.32 Å². The average Bonchev–Trinajstić information content (AvgIpc) is 2.27. The van der Waals surface area contributed by atoms with E-state index in [1.807, 2.05) is 6.92 Å². The van der Waals surface area contributed by atoms with Crippen LogP contribution >= 0.6 is 11.6 Å². The van der Waals surface area contributed by atoms with Gasteiger partial charge in [0.1, 0.15) is 11.9 Å². The molecule has 0 radical (unpaired) electrons. The van der Waals surface area contributed by atoms with Gasteiger partial charge in [-0.1, -0.05) is 17.7 Å². The third-order valence-corrected chi connectivity index (χ3v) is 2.81. The van der Waals surface area contributed by atoms with Crippen molar-refractivity contribution in [2.45, 2.75) is 25.9 Å². The van der Waals surface area contributed by atoms with Crippen LogP contribution in [0, 0.1) is 5.82 Å². The van der Waals surface area contributed by atoms with Crippen molar-refractivity contribution in [1.29, 1.82) is 0 Å². The summed E-state index contributed by atoms with van der Waals surface area (Å²) in [5, 5.41) is 3.36. The molecule has 0 spiro atoms. The van der Waals surface area contributed by atoms with Gasteiger partial charge in [0, 0.05) is 11.1 Å². The number of benzene rings is 1. The molecule has 0 amide bonds. The monoisotopic (exact) mass is 259 g/mol. The van der Waals surface area contributed by atoms with Gasteiger partial charge in [0.05, 0.1) is 7.11 Å². The van der Waals surface area contributed by atoms with Gasteiger partial charge in [-0.25, -0.2) is 4.39 Å². The van der Waals surface area contributed by atoms with Crippen molar-refractivity contribution in [2.24, 2.45) is 0 Å². The van der Waals surface area contributed by atoms with Gasteiger partial charge < -0.3 is 4.74 Å². The number of nitrogens with one attached hydrogen (secondary N) is 1. The lowest BCUT2D eigenvalue weighted by molar-refractivity contribution is -0.142. The molecule has 0 saturated carbocycles. The summed E-state index contributed by atoms with van der Waals surface area (Å²) in [6, 6.07) is 3.56. The zero-order valence-electron chi connectivity index (χ0n) is 9.96. The summed E-state index contributed by atoms with van der Waals surface area (Å²) < 4.78 is 17.5. The Labute approximate surface area is 105 Å². The summed E-state index contributed by atoms with van der Waals surface area (Å²) in [5.74, 6) is -0.734. The van der Waals surface area contributed by atoms with Crippen LogP contribution in [0.1, 0.15) is 25.5 Å². The van der Waals surface area contributed by atoms with Gasteiger partial charge in [-0.3, -0.25) is 10.1 Å². The molecule has 17 heavy (non-hydrogen) atoms. The minimum atomic E-state index is -0.448. The van der Waals surface area contributed by atoms with Crippen LogP contribution in [0.2, 0.25) is 5.02 Å². The van der Waals surface area contributed by atoms with E-state index in [-0.39, 0.29) is 17.8 Å². The van der Waals surface area contributed by atoms with Crippen LogP contribution in [0.3, 0.4) is 0 Å². The number of hydrogen-bond donors (Lipinski definition) is 1. The highest BCUT2D eigenvalue weighted by Gasteiger charge is 2.18.